The molecule has 1 aromatic heterocycles. The van der Waals surface area contributed by atoms with Crippen LogP contribution in [0.5, 0.6) is 0 Å². The molecule has 0 radical (unpaired) electrons. The Morgan fingerprint density at radius 2 is 1.88 bits per heavy atom. The van der Waals surface area contributed by atoms with Crippen molar-refractivity contribution in [1.29, 1.82) is 0 Å². The van der Waals surface area contributed by atoms with Crippen LogP contribution < -0.4 is 0 Å². The molecular weight excluding hydrogens is 372 g/mol. The number of sulfonamides is 1. The zero-order chi connectivity index (χ0) is 18.5. The summed E-state index contributed by atoms with van der Waals surface area (Å²) in [5, 5.41) is 0.551. The minimum absolute atomic E-state index is 0.178. The fourth-order valence-electron chi connectivity index (χ4n) is 4.28. The minimum atomic E-state index is -3.52. The quantitative estimate of drug-likeness (QED) is 0.785. The van der Waals surface area contributed by atoms with Crippen molar-refractivity contribution in [3.8, 4) is 0 Å². The van der Waals surface area contributed by atoms with E-state index in [0.29, 0.717) is 28.6 Å². The highest BCUT2D eigenvalue weighted by atomic mass is 35.5. The molecule has 1 saturated heterocycles. The van der Waals surface area contributed by atoms with E-state index < -0.39 is 10.0 Å². The van der Waals surface area contributed by atoms with Gasteiger partial charge in [-0.2, -0.15) is 4.31 Å². The van der Waals surface area contributed by atoms with Crippen LogP contribution in [0.3, 0.4) is 0 Å². The molecular formula is C18H23ClN4O2S. The van der Waals surface area contributed by atoms with Crippen molar-refractivity contribution in [3.05, 3.63) is 47.0 Å². The first kappa shape index (κ1) is 18.0. The lowest BCUT2D eigenvalue weighted by atomic mass is 9.84. The molecule has 0 saturated carbocycles. The number of hydrogen-bond acceptors (Lipinski definition) is 4. The maximum atomic E-state index is 13.1. The van der Waals surface area contributed by atoms with Crippen LogP contribution in [0.2, 0.25) is 5.02 Å². The summed E-state index contributed by atoms with van der Waals surface area (Å²) in [4.78, 5) is 7.28. The maximum absolute atomic E-state index is 13.1. The van der Waals surface area contributed by atoms with Crippen LogP contribution in [0.15, 0.2) is 35.5 Å². The van der Waals surface area contributed by atoms with Gasteiger partial charge in [-0.15, -0.1) is 0 Å². The van der Waals surface area contributed by atoms with E-state index in [9.17, 15) is 8.42 Å². The molecule has 0 unspecified atom stereocenters. The number of aromatic nitrogens is 2. The van der Waals surface area contributed by atoms with Crippen LogP contribution in [-0.2, 0) is 22.1 Å². The number of piperidine rings is 1. The Kier molecular flexibility index (Phi) is 4.38. The van der Waals surface area contributed by atoms with Crippen molar-refractivity contribution in [2.24, 2.45) is 0 Å². The lowest BCUT2D eigenvalue weighted by molar-refractivity contribution is 0.0271. The van der Waals surface area contributed by atoms with E-state index in [2.05, 4.69) is 21.5 Å². The molecule has 1 spiro atoms. The van der Waals surface area contributed by atoms with Gasteiger partial charge in [-0.25, -0.2) is 13.4 Å². The molecule has 3 heterocycles. The summed E-state index contributed by atoms with van der Waals surface area (Å²) in [6.07, 6.45) is 5.35. The van der Waals surface area contributed by atoms with Crippen molar-refractivity contribution in [1.82, 2.24) is 18.8 Å². The Bertz CT molecular complexity index is 932. The first-order valence-corrected chi connectivity index (χ1v) is 10.7. The van der Waals surface area contributed by atoms with Gasteiger partial charge in [0.25, 0.3) is 0 Å². The molecule has 2 aliphatic heterocycles. The van der Waals surface area contributed by atoms with Gasteiger partial charge in [0.15, 0.2) is 0 Å². The molecule has 0 atom stereocenters. The van der Waals surface area contributed by atoms with Gasteiger partial charge in [0, 0.05) is 43.6 Å². The largest absolute Gasteiger partial charge is 0.332 e. The SMILES string of the molecule is Cc1cc(Cl)ccc1S(=O)(=O)N1CCC2(CC1)c1nccn1CCN2C. The molecule has 6 nitrogen and oxygen atoms in total. The lowest BCUT2D eigenvalue weighted by Gasteiger charge is -2.49. The zero-order valence-corrected chi connectivity index (χ0v) is 16.6. The van der Waals surface area contributed by atoms with Crippen LogP contribution >= 0.6 is 11.6 Å². The Balaban J connectivity index is 1.61. The molecule has 2 aliphatic rings. The first-order valence-electron chi connectivity index (χ1n) is 8.84. The summed E-state index contributed by atoms with van der Waals surface area (Å²) in [5.41, 5.74) is 0.506. The number of halogens is 1. The lowest BCUT2D eigenvalue weighted by Crippen LogP contribution is -2.56. The summed E-state index contributed by atoms with van der Waals surface area (Å²) in [6, 6.07) is 4.95. The van der Waals surface area contributed by atoms with Crippen molar-refractivity contribution in [3.63, 3.8) is 0 Å². The first-order chi connectivity index (χ1) is 12.3. The summed E-state index contributed by atoms with van der Waals surface area (Å²) >= 11 is 5.98. The third-order valence-corrected chi connectivity index (χ3v) is 8.14. The van der Waals surface area contributed by atoms with Crippen molar-refractivity contribution >= 4 is 21.6 Å². The number of rotatable bonds is 2. The highest BCUT2D eigenvalue weighted by Crippen LogP contribution is 2.40. The molecule has 8 heteroatoms. The van der Waals surface area contributed by atoms with E-state index in [-0.39, 0.29) is 5.54 Å². The van der Waals surface area contributed by atoms with E-state index in [1.165, 1.54) is 0 Å². The third kappa shape index (κ3) is 2.69. The Morgan fingerprint density at radius 3 is 2.58 bits per heavy atom. The Labute approximate surface area is 159 Å². The van der Waals surface area contributed by atoms with Gasteiger partial charge in [0.05, 0.1) is 10.4 Å². The number of hydrogen-bond donors (Lipinski definition) is 0. The standard InChI is InChI=1S/C18H23ClN4O2S/c1-14-13-15(19)3-4-16(14)26(24,25)23-8-5-18(6-9-23)17-20-7-10-22(17)12-11-21(18)2/h3-4,7,10,13H,5-6,8-9,11-12H2,1-2H3. The second kappa shape index (κ2) is 6.34. The predicted octanol–water partition coefficient (Wildman–Crippen LogP) is 2.47. The number of aryl methyl sites for hydroxylation is 1. The molecule has 0 bridgehead atoms. The van der Waals surface area contributed by atoms with Crippen molar-refractivity contribution in [2.75, 3.05) is 26.7 Å². The highest BCUT2D eigenvalue weighted by Gasteiger charge is 2.46. The van der Waals surface area contributed by atoms with Crippen molar-refractivity contribution in [2.45, 2.75) is 36.7 Å². The number of likely N-dealkylation sites (N-methyl/N-ethyl adjacent to an activating group) is 1. The van der Waals surface area contributed by atoms with E-state index in [1.54, 1.807) is 29.4 Å². The summed E-state index contributed by atoms with van der Waals surface area (Å²) in [5.74, 6) is 1.06. The second-order valence-electron chi connectivity index (χ2n) is 7.21. The van der Waals surface area contributed by atoms with Gasteiger partial charge in [-0.05, 0) is 50.6 Å². The van der Waals surface area contributed by atoms with Gasteiger partial charge in [-0.3, -0.25) is 4.90 Å². The summed E-state index contributed by atoms with van der Waals surface area (Å²) in [6.45, 7) is 4.64. The zero-order valence-electron chi connectivity index (χ0n) is 15.0. The average Bonchev–Trinajstić information content (AvgIpc) is 3.08. The smallest absolute Gasteiger partial charge is 0.243 e. The average molecular weight is 395 g/mol. The topological polar surface area (TPSA) is 58.4 Å². The Hall–Kier alpha value is -1.41. The normalized spacial score (nSPS) is 21.0. The van der Waals surface area contributed by atoms with Crippen LogP contribution in [0.1, 0.15) is 24.2 Å². The molecule has 1 aromatic carbocycles. The van der Waals surface area contributed by atoms with Crippen LogP contribution in [0, 0.1) is 6.92 Å². The van der Waals surface area contributed by atoms with Gasteiger partial charge >= 0.3 is 0 Å². The fraction of sp³-hybridized carbons (Fsp3) is 0.500. The van der Waals surface area contributed by atoms with Gasteiger partial charge in [0.1, 0.15) is 5.82 Å². The predicted molar refractivity (Wildman–Crippen MR) is 101 cm³/mol. The van der Waals surface area contributed by atoms with E-state index in [0.717, 1.165) is 31.8 Å². The van der Waals surface area contributed by atoms with Crippen LogP contribution in [0.25, 0.3) is 0 Å². The monoisotopic (exact) mass is 394 g/mol. The number of nitrogens with zero attached hydrogens (tertiary/aromatic N) is 4. The highest BCUT2D eigenvalue weighted by molar-refractivity contribution is 7.89. The van der Waals surface area contributed by atoms with Gasteiger partial charge in [-0.1, -0.05) is 11.6 Å². The maximum Gasteiger partial charge on any atom is 0.243 e. The molecule has 4 rings (SSSR count). The molecule has 140 valence electrons. The molecule has 0 amide bonds. The second-order valence-corrected chi connectivity index (χ2v) is 9.55. The van der Waals surface area contributed by atoms with E-state index in [4.69, 9.17) is 11.6 Å². The van der Waals surface area contributed by atoms with Crippen LogP contribution in [-0.4, -0.2) is 53.9 Å². The Morgan fingerprint density at radius 1 is 1.15 bits per heavy atom. The minimum Gasteiger partial charge on any atom is -0.332 e. The molecule has 0 N–H and O–H groups in total. The molecule has 2 aromatic rings. The number of imidazole rings is 1. The third-order valence-electron chi connectivity index (χ3n) is 5.84. The number of fused-ring (bicyclic) bond motifs is 2. The summed E-state index contributed by atoms with van der Waals surface area (Å²) in [7, 11) is -1.40. The summed E-state index contributed by atoms with van der Waals surface area (Å²) < 4.78 is 30.0. The number of benzene rings is 1. The fourth-order valence-corrected chi connectivity index (χ4v) is 6.16. The molecule has 26 heavy (non-hydrogen) atoms. The van der Waals surface area contributed by atoms with Crippen LogP contribution in [0.4, 0.5) is 0 Å². The van der Waals surface area contributed by atoms with E-state index in [1.807, 2.05) is 12.4 Å². The molecule has 1 fully saturated rings. The van der Waals surface area contributed by atoms with Gasteiger partial charge < -0.3 is 4.57 Å². The van der Waals surface area contributed by atoms with Crippen molar-refractivity contribution < 1.29 is 8.42 Å². The van der Waals surface area contributed by atoms with Gasteiger partial charge in [0.2, 0.25) is 10.0 Å². The molecule has 0 aliphatic carbocycles. The van der Waals surface area contributed by atoms with E-state index >= 15 is 0 Å².